The molecule has 6 nitrogen and oxygen atoms in total. The van der Waals surface area contributed by atoms with Crippen LogP contribution in [0.25, 0.3) is 0 Å². The lowest BCUT2D eigenvalue weighted by Gasteiger charge is -2.31. The molecule has 1 aromatic rings. The van der Waals surface area contributed by atoms with Crippen LogP contribution in [0.2, 0.25) is 0 Å². The first-order valence-corrected chi connectivity index (χ1v) is 8.80. The highest BCUT2D eigenvalue weighted by atomic mass is 16.2. The lowest BCUT2D eigenvalue weighted by Crippen LogP contribution is -2.40. The SMILES string of the molecule is CC(=O)Nc1ccc(N(CCC(=O)N2CCC(C)CC2)C(C)=O)cc1. The molecule has 2 rings (SSSR count). The Morgan fingerprint density at radius 2 is 1.72 bits per heavy atom. The third kappa shape index (κ3) is 5.59. The van der Waals surface area contributed by atoms with E-state index < -0.39 is 0 Å². The van der Waals surface area contributed by atoms with Crippen LogP contribution in [0.3, 0.4) is 0 Å². The summed E-state index contributed by atoms with van der Waals surface area (Å²) in [5.74, 6) is 0.540. The fourth-order valence-electron chi connectivity index (χ4n) is 3.02. The Morgan fingerprint density at radius 3 is 2.24 bits per heavy atom. The van der Waals surface area contributed by atoms with Crippen LogP contribution < -0.4 is 10.2 Å². The number of rotatable bonds is 5. The molecule has 0 aromatic heterocycles. The summed E-state index contributed by atoms with van der Waals surface area (Å²) >= 11 is 0. The third-order valence-corrected chi connectivity index (χ3v) is 4.57. The topological polar surface area (TPSA) is 69.7 Å². The quantitative estimate of drug-likeness (QED) is 0.892. The van der Waals surface area contributed by atoms with Crippen LogP contribution in [-0.4, -0.2) is 42.3 Å². The minimum absolute atomic E-state index is 0.104. The van der Waals surface area contributed by atoms with Crippen molar-refractivity contribution >= 4 is 29.1 Å². The maximum atomic E-state index is 12.4. The molecule has 0 aliphatic carbocycles. The van der Waals surface area contributed by atoms with Crippen LogP contribution in [0.4, 0.5) is 11.4 Å². The average molecular weight is 345 g/mol. The van der Waals surface area contributed by atoms with Gasteiger partial charge in [-0.05, 0) is 43.0 Å². The van der Waals surface area contributed by atoms with Gasteiger partial charge >= 0.3 is 0 Å². The monoisotopic (exact) mass is 345 g/mol. The number of amides is 3. The van der Waals surface area contributed by atoms with Gasteiger partial charge in [0.05, 0.1) is 0 Å². The fraction of sp³-hybridized carbons (Fsp3) is 0.526. The van der Waals surface area contributed by atoms with E-state index in [-0.39, 0.29) is 17.7 Å². The zero-order valence-corrected chi connectivity index (χ0v) is 15.2. The Kier molecular flexibility index (Phi) is 6.56. The summed E-state index contributed by atoms with van der Waals surface area (Å²) in [4.78, 5) is 38.9. The summed E-state index contributed by atoms with van der Waals surface area (Å²) in [7, 11) is 0. The molecule has 25 heavy (non-hydrogen) atoms. The van der Waals surface area contributed by atoms with Gasteiger partial charge in [-0.15, -0.1) is 0 Å². The first-order chi connectivity index (χ1) is 11.9. The summed E-state index contributed by atoms with van der Waals surface area (Å²) in [6.07, 6.45) is 2.42. The van der Waals surface area contributed by atoms with E-state index in [4.69, 9.17) is 0 Å². The van der Waals surface area contributed by atoms with Gasteiger partial charge in [0.2, 0.25) is 17.7 Å². The lowest BCUT2D eigenvalue weighted by atomic mass is 9.99. The van der Waals surface area contributed by atoms with E-state index in [2.05, 4.69) is 12.2 Å². The van der Waals surface area contributed by atoms with Crippen molar-refractivity contribution in [3.63, 3.8) is 0 Å². The molecule has 0 radical (unpaired) electrons. The average Bonchev–Trinajstić information content (AvgIpc) is 2.56. The predicted octanol–water partition coefficient (Wildman–Crippen LogP) is 2.65. The molecule has 1 fully saturated rings. The normalized spacial score (nSPS) is 14.9. The maximum Gasteiger partial charge on any atom is 0.224 e. The van der Waals surface area contributed by atoms with Crippen LogP contribution >= 0.6 is 0 Å². The number of piperidine rings is 1. The molecular weight excluding hydrogens is 318 g/mol. The molecule has 0 spiro atoms. The molecule has 0 saturated carbocycles. The minimum atomic E-state index is -0.141. The van der Waals surface area contributed by atoms with Gasteiger partial charge < -0.3 is 15.1 Å². The Bertz CT molecular complexity index is 619. The number of hydrogen-bond acceptors (Lipinski definition) is 3. The number of carbonyl (C=O) groups excluding carboxylic acids is 3. The highest BCUT2D eigenvalue weighted by Crippen LogP contribution is 2.20. The molecule has 0 bridgehead atoms. The maximum absolute atomic E-state index is 12.4. The second-order valence-electron chi connectivity index (χ2n) is 6.71. The van der Waals surface area contributed by atoms with Crippen LogP contribution in [-0.2, 0) is 14.4 Å². The zero-order chi connectivity index (χ0) is 18.4. The molecule has 3 amide bonds. The number of likely N-dealkylation sites (tertiary alicyclic amines) is 1. The van der Waals surface area contributed by atoms with Gasteiger partial charge in [-0.3, -0.25) is 14.4 Å². The number of nitrogens with zero attached hydrogens (tertiary/aromatic N) is 2. The Labute approximate surface area is 149 Å². The number of carbonyl (C=O) groups is 3. The summed E-state index contributed by atoms with van der Waals surface area (Å²) < 4.78 is 0. The van der Waals surface area contributed by atoms with E-state index in [1.807, 2.05) is 4.90 Å². The molecule has 6 heteroatoms. The first-order valence-electron chi connectivity index (χ1n) is 8.80. The molecule has 1 aromatic carbocycles. The summed E-state index contributed by atoms with van der Waals surface area (Å²) in [5.41, 5.74) is 1.40. The molecule has 0 unspecified atom stereocenters. The predicted molar refractivity (Wildman–Crippen MR) is 98.4 cm³/mol. The Morgan fingerprint density at radius 1 is 1.12 bits per heavy atom. The van der Waals surface area contributed by atoms with Crippen molar-refractivity contribution in [2.45, 2.75) is 40.0 Å². The molecule has 1 heterocycles. The first kappa shape index (κ1) is 19.0. The van der Waals surface area contributed by atoms with Gasteiger partial charge in [-0.2, -0.15) is 0 Å². The molecule has 1 saturated heterocycles. The van der Waals surface area contributed by atoms with Crippen molar-refractivity contribution < 1.29 is 14.4 Å². The van der Waals surface area contributed by atoms with Crippen molar-refractivity contribution in [2.24, 2.45) is 5.92 Å². The minimum Gasteiger partial charge on any atom is -0.343 e. The van der Waals surface area contributed by atoms with Gasteiger partial charge in [-0.1, -0.05) is 6.92 Å². The number of hydrogen-bond donors (Lipinski definition) is 1. The van der Waals surface area contributed by atoms with E-state index in [1.54, 1.807) is 29.2 Å². The van der Waals surface area contributed by atoms with E-state index in [9.17, 15) is 14.4 Å². The standard InChI is InChI=1S/C19H27N3O3/c1-14-8-11-21(12-9-14)19(25)10-13-22(16(3)24)18-6-4-17(5-7-18)20-15(2)23/h4-7,14H,8-13H2,1-3H3,(H,20,23). The molecular formula is C19H27N3O3. The molecule has 1 aliphatic rings. The summed E-state index contributed by atoms with van der Waals surface area (Å²) in [6.45, 7) is 7.14. The van der Waals surface area contributed by atoms with E-state index >= 15 is 0 Å². The Balaban J connectivity index is 1.95. The van der Waals surface area contributed by atoms with Crippen molar-refractivity contribution in [1.82, 2.24) is 4.90 Å². The molecule has 0 atom stereocenters. The van der Waals surface area contributed by atoms with E-state index in [0.717, 1.165) is 31.6 Å². The van der Waals surface area contributed by atoms with Gasteiger partial charge in [0, 0.05) is 51.3 Å². The summed E-state index contributed by atoms with van der Waals surface area (Å²) in [5, 5.41) is 2.69. The third-order valence-electron chi connectivity index (χ3n) is 4.57. The van der Waals surface area contributed by atoms with Crippen molar-refractivity contribution in [3.05, 3.63) is 24.3 Å². The van der Waals surface area contributed by atoms with Crippen LogP contribution in [0, 0.1) is 5.92 Å². The second-order valence-corrected chi connectivity index (χ2v) is 6.71. The van der Waals surface area contributed by atoms with Crippen molar-refractivity contribution in [2.75, 3.05) is 29.9 Å². The van der Waals surface area contributed by atoms with Gasteiger partial charge in [-0.25, -0.2) is 0 Å². The molecule has 1 N–H and O–H groups in total. The van der Waals surface area contributed by atoms with Crippen molar-refractivity contribution in [3.8, 4) is 0 Å². The largest absolute Gasteiger partial charge is 0.343 e. The van der Waals surface area contributed by atoms with Crippen LogP contribution in [0.15, 0.2) is 24.3 Å². The Hall–Kier alpha value is -2.37. The lowest BCUT2D eigenvalue weighted by molar-refractivity contribution is -0.132. The second kappa shape index (κ2) is 8.65. The number of nitrogens with one attached hydrogen (secondary N) is 1. The highest BCUT2D eigenvalue weighted by Gasteiger charge is 2.21. The van der Waals surface area contributed by atoms with E-state index in [0.29, 0.717) is 24.6 Å². The zero-order valence-electron chi connectivity index (χ0n) is 15.2. The van der Waals surface area contributed by atoms with Gasteiger partial charge in [0.15, 0.2) is 0 Å². The van der Waals surface area contributed by atoms with Gasteiger partial charge in [0.1, 0.15) is 0 Å². The van der Waals surface area contributed by atoms with Gasteiger partial charge in [0.25, 0.3) is 0 Å². The van der Waals surface area contributed by atoms with Crippen LogP contribution in [0.1, 0.15) is 40.0 Å². The highest BCUT2D eigenvalue weighted by molar-refractivity contribution is 5.93. The van der Waals surface area contributed by atoms with Crippen molar-refractivity contribution in [1.29, 1.82) is 0 Å². The summed E-state index contributed by atoms with van der Waals surface area (Å²) in [6, 6.07) is 7.06. The molecule has 136 valence electrons. The number of anilines is 2. The number of benzene rings is 1. The van der Waals surface area contributed by atoms with E-state index in [1.165, 1.54) is 13.8 Å². The molecule has 1 aliphatic heterocycles. The van der Waals surface area contributed by atoms with Crippen LogP contribution in [0.5, 0.6) is 0 Å². The smallest absolute Gasteiger partial charge is 0.224 e. The fourth-order valence-corrected chi connectivity index (χ4v) is 3.02.